The molecule has 1 nitrogen and oxygen atoms in total. The molecule has 3 heteroatoms. The first kappa shape index (κ1) is 15.8. The topological polar surface area (TPSA) is 12.0 Å². The minimum absolute atomic E-state index is 0.0752. The number of thioether (sulfide) groups is 1. The Morgan fingerprint density at radius 3 is 2.65 bits per heavy atom. The standard InChI is InChI=1S/C17H26FNS/c1-2-13-19-15-10-5-3-4-6-12-17(15)20-16-11-8-7-9-14(16)18/h7-9,11,15,17,19H,2-6,10,12-13H2,1H3. The van der Waals surface area contributed by atoms with Gasteiger partial charge in [-0.25, -0.2) is 4.39 Å². The molecule has 1 fully saturated rings. The average molecular weight is 295 g/mol. The fourth-order valence-electron chi connectivity index (χ4n) is 2.86. The van der Waals surface area contributed by atoms with Crippen LogP contribution in [0, 0.1) is 5.82 Å². The van der Waals surface area contributed by atoms with Crippen LogP contribution in [0.4, 0.5) is 4.39 Å². The molecule has 0 spiro atoms. The van der Waals surface area contributed by atoms with Gasteiger partial charge in [0, 0.05) is 16.2 Å². The maximum absolute atomic E-state index is 13.9. The van der Waals surface area contributed by atoms with E-state index in [-0.39, 0.29) is 5.82 Å². The van der Waals surface area contributed by atoms with E-state index in [4.69, 9.17) is 0 Å². The summed E-state index contributed by atoms with van der Waals surface area (Å²) in [5.74, 6) is -0.0752. The van der Waals surface area contributed by atoms with E-state index in [0.717, 1.165) is 17.9 Å². The number of benzene rings is 1. The van der Waals surface area contributed by atoms with E-state index in [1.54, 1.807) is 23.9 Å². The highest BCUT2D eigenvalue weighted by molar-refractivity contribution is 8.00. The van der Waals surface area contributed by atoms with Gasteiger partial charge in [0.1, 0.15) is 5.82 Å². The predicted molar refractivity (Wildman–Crippen MR) is 85.8 cm³/mol. The van der Waals surface area contributed by atoms with Gasteiger partial charge in [0.25, 0.3) is 0 Å². The number of rotatable bonds is 5. The Morgan fingerprint density at radius 1 is 1.15 bits per heavy atom. The molecule has 1 aliphatic rings. The molecule has 1 N–H and O–H groups in total. The van der Waals surface area contributed by atoms with Crippen molar-refractivity contribution in [2.75, 3.05) is 6.54 Å². The summed E-state index contributed by atoms with van der Waals surface area (Å²) >= 11 is 1.73. The van der Waals surface area contributed by atoms with E-state index < -0.39 is 0 Å². The van der Waals surface area contributed by atoms with E-state index in [1.165, 1.54) is 38.5 Å². The summed E-state index contributed by atoms with van der Waals surface area (Å²) in [6.45, 7) is 3.27. The van der Waals surface area contributed by atoms with E-state index in [2.05, 4.69) is 12.2 Å². The molecule has 0 amide bonds. The zero-order chi connectivity index (χ0) is 14.2. The van der Waals surface area contributed by atoms with E-state index in [0.29, 0.717) is 11.3 Å². The van der Waals surface area contributed by atoms with Crippen molar-refractivity contribution in [3.05, 3.63) is 30.1 Å². The quantitative estimate of drug-likeness (QED) is 0.819. The molecule has 0 saturated heterocycles. The van der Waals surface area contributed by atoms with Gasteiger partial charge in [-0.15, -0.1) is 11.8 Å². The first-order chi connectivity index (χ1) is 9.81. The van der Waals surface area contributed by atoms with Gasteiger partial charge in [-0.2, -0.15) is 0 Å². The van der Waals surface area contributed by atoms with Crippen LogP contribution in [0.25, 0.3) is 0 Å². The van der Waals surface area contributed by atoms with Gasteiger partial charge in [0.05, 0.1) is 0 Å². The number of halogens is 1. The lowest BCUT2D eigenvalue weighted by Gasteiger charge is -2.30. The van der Waals surface area contributed by atoms with Crippen molar-refractivity contribution >= 4 is 11.8 Å². The van der Waals surface area contributed by atoms with Gasteiger partial charge in [-0.1, -0.05) is 44.7 Å². The van der Waals surface area contributed by atoms with Crippen LogP contribution in [0.5, 0.6) is 0 Å². The zero-order valence-corrected chi connectivity index (χ0v) is 13.2. The molecule has 2 rings (SSSR count). The Balaban J connectivity index is 2.04. The van der Waals surface area contributed by atoms with Gasteiger partial charge in [-0.05, 0) is 37.9 Å². The Kier molecular flexibility index (Phi) is 6.88. The molecular weight excluding hydrogens is 269 g/mol. The molecule has 0 aromatic heterocycles. The second-order valence-electron chi connectivity index (χ2n) is 5.64. The van der Waals surface area contributed by atoms with Crippen molar-refractivity contribution in [1.82, 2.24) is 5.32 Å². The molecule has 1 aromatic rings. The van der Waals surface area contributed by atoms with Gasteiger partial charge in [-0.3, -0.25) is 0 Å². The molecule has 1 aliphatic carbocycles. The summed E-state index contributed by atoms with van der Waals surface area (Å²) in [6.07, 6.45) is 8.84. The van der Waals surface area contributed by atoms with E-state index in [1.807, 2.05) is 12.1 Å². The number of nitrogens with one attached hydrogen (secondary N) is 1. The van der Waals surface area contributed by atoms with Crippen molar-refractivity contribution in [3.63, 3.8) is 0 Å². The summed E-state index contributed by atoms with van der Waals surface area (Å²) in [5.41, 5.74) is 0. The van der Waals surface area contributed by atoms with Crippen LogP contribution in [0.2, 0.25) is 0 Å². The molecule has 2 unspecified atom stereocenters. The molecule has 1 aromatic carbocycles. The van der Waals surface area contributed by atoms with Crippen LogP contribution in [-0.2, 0) is 0 Å². The smallest absolute Gasteiger partial charge is 0.136 e. The lowest BCUT2D eigenvalue weighted by molar-refractivity contribution is 0.399. The summed E-state index contributed by atoms with van der Waals surface area (Å²) < 4.78 is 13.9. The normalized spacial score (nSPS) is 24.1. The number of hydrogen-bond donors (Lipinski definition) is 1. The van der Waals surface area contributed by atoms with E-state index in [9.17, 15) is 4.39 Å². The summed E-state index contributed by atoms with van der Waals surface area (Å²) in [4.78, 5) is 0.807. The highest BCUT2D eigenvalue weighted by Crippen LogP contribution is 2.33. The molecule has 20 heavy (non-hydrogen) atoms. The van der Waals surface area contributed by atoms with Crippen molar-refractivity contribution < 1.29 is 4.39 Å². The Morgan fingerprint density at radius 2 is 1.90 bits per heavy atom. The van der Waals surface area contributed by atoms with Crippen LogP contribution in [0.3, 0.4) is 0 Å². The third-order valence-electron chi connectivity index (χ3n) is 3.97. The molecule has 0 heterocycles. The highest BCUT2D eigenvalue weighted by Gasteiger charge is 2.24. The van der Waals surface area contributed by atoms with Gasteiger partial charge < -0.3 is 5.32 Å². The maximum atomic E-state index is 13.9. The fourth-order valence-corrected chi connectivity index (χ4v) is 4.20. The van der Waals surface area contributed by atoms with Gasteiger partial charge in [0.15, 0.2) is 0 Å². The Labute approximate surface area is 126 Å². The van der Waals surface area contributed by atoms with E-state index >= 15 is 0 Å². The van der Waals surface area contributed by atoms with Gasteiger partial charge >= 0.3 is 0 Å². The fraction of sp³-hybridized carbons (Fsp3) is 0.647. The molecular formula is C17H26FNS. The Hall–Kier alpha value is -0.540. The second-order valence-corrected chi connectivity index (χ2v) is 6.92. The lowest BCUT2D eigenvalue weighted by atomic mass is 9.96. The second kappa shape index (κ2) is 8.68. The summed E-state index contributed by atoms with van der Waals surface area (Å²) in [6, 6.07) is 7.71. The third kappa shape index (κ3) is 4.78. The van der Waals surface area contributed by atoms with Crippen LogP contribution in [-0.4, -0.2) is 17.8 Å². The third-order valence-corrected chi connectivity index (χ3v) is 5.43. The lowest BCUT2D eigenvalue weighted by Crippen LogP contribution is -2.39. The van der Waals surface area contributed by atoms with Crippen molar-refractivity contribution in [2.45, 2.75) is 68.1 Å². The summed E-state index contributed by atoms with van der Waals surface area (Å²) in [5, 5.41) is 4.18. The maximum Gasteiger partial charge on any atom is 0.136 e. The Bertz CT molecular complexity index is 394. The molecule has 2 atom stereocenters. The van der Waals surface area contributed by atoms with Crippen molar-refractivity contribution in [3.8, 4) is 0 Å². The van der Waals surface area contributed by atoms with Crippen LogP contribution < -0.4 is 5.32 Å². The van der Waals surface area contributed by atoms with Crippen molar-refractivity contribution in [2.24, 2.45) is 0 Å². The molecule has 0 aliphatic heterocycles. The first-order valence-electron chi connectivity index (χ1n) is 7.96. The van der Waals surface area contributed by atoms with Gasteiger partial charge in [0.2, 0.25) is 0 Å². The van der Waals surface area contributed by atoms with Crippen LogP contribution >= 0.6 is 11.8 Å². The predicted octanol–water partition coefficient (Wildman–Crippen LogP) is 5.01. The minimum Gasteiger partial charge on any atom is -0.313 e. The molecule has 1 saturated carbocycles. The molecule has 0 bridgehead atoms. The van der Waals surface area contributed by atoms with Crippen LogP contribution in [0.1, 0.15) is 51.9 Å². The zero-order valence-electron chi connectivity index (χ0n) is 12.4. The number of hydrogen-bond acceptors (Lipinski definition) is 2. The average Bonchev–Trinajstić information content (AvgIpc) is 2.43. The van der Waals surface area contributed by atoms with Crippen LogP contribution in [0.15, 0.2) is 29.2 Å². The highest BCUT2D eigenvalue weighted by atomic mass is 32.2. The van der Waals surface area contributed by atoms with Crippen molar-refractivity contribution in [1.29, 1.82) is 0 Å². The minimum atomic E-state index is -0.0752. The largest absolute Gasteiger partial charge is 0.313 e. The molecule has 0 radical (unpaired) electrons. The monoisotopic (exact) mass is 295 g/mol. The SMILES string of the molecule is CCCNC1CCCCCCC1Sc1ccccc1F. The summed E-state index contributed by atoms with van der Waals surface area (Å²) in [7, 11) is 0. The first-order valence-corrected chi connectivity index (χ1v) is 8.83. The molecule has 112 valence electrons.